The summed E-state index contributed by atoms with van der Waals surface area (Å²) >= 11 is 0. The molecule has 0 radical (unpaired) electrons. The first-order valence-electron chi connectivity index (χ1n) is 7.00. The van der Waals surface area contributed by atoms with Crippen LogP contribution in [0.4, 0.5) is 0 Å². The molecule has 0 aliphatic carbocycles. The molecule has 0 saturated heterocycles. The number of pyridine rings is 1. The van der Waals surface area contributed by atoms with Crippen LogP contribution in [0.15, 0.2) is 42.5 Å². The topological polar surface area (TPSA) is 36.4 Å². The van der Waals surface area contributed by atoms with Gasteiger partial charge in [-0.1, -0.05) is 30.3 Å². The van der Waals surface area contributed by atoms with E-state index >= 15 is 0 Å². The second-order valence-corrected chi connectivity index (χ2v) is 5.28. The summed E-state index contributed by atoms with van der Waals surface area (Å²) in [5.41, 5.74) is 4.07. The predicted octanol–water partition coefficient (Wildman–Crippen LogP) is 2.74. The summed E-state index contributed by atoms with van der Waals surface area (Å²) in [6, 6.07) is 14.3. The van der Waals surface area contributed by atoms with E-state index in [1.807, 2.05) is 18.2 Å². The molecule has 1 heterocycles. The van der Waals surface area contributed by atoms with E-state index in [0.29, 0.717) is 5.69 Å². The van der Waals surface area contributed by atoms with E-state index in [9.17, 15) is 0 Å². The fraction of sp³-hybridized carbons (Fsp3) is 0.353. The predicted molar refractivity (Wildman–Crippen MR) is 82.5 cm³/mol. The van der Waals surface area contributed by atoms with Crippen LogP contribution in [0.3, 0.4) is 0 Å². The Balaban J connectivity index is 2.03. The molecule has 0 amide bonds. The van der Waals surface area contributed by atoms with Crippen molar-refractivity contribution in [2.24, 2.45) is 0 Å². The molecule has 3 heteroatoms. The zero-order valence-electron chi connectivity index (χ0n) is 12.2. The Morgan fingerprint density at radius 2 is 1.80 bits per heavy atom. The van der Waals surface area contributed by atoms with Crippen LogP contribution < -0.4 is 0 Å². The lowest BCUT2D eigenvalue weighted by molar-refractivity contribution is 0.277. The van der Waals surface area contributed by atoms with Gasteiger partial charge < -0.3 is 10.0 Å². The maximum absolute atomic E-state index is 9.13. The van der Waals surface area contributed by atoms with Crippen LogP contribution in [0.1, 0.15) is 17.7 Å². The monoisotopic (exact) mass is 270 g/mol. The molecule has 0 bridgehead atoms. The molecule has 3 nitrogen and oxygen atoms in total. The molecule has 20 heavy (non-hydrogen) atoms. The quantitative estimate of drug-likeness (QED) is 0.877. The summed E-state index contributed by atoms with van der Waals surface area (Å²) in [7, 11) is 4.20. The Morgan fingerprint density at radius 3 is 2.45 bits per heavy atom. The molecular weight excluding hydrogens is 248 g/mol. The summed E-state index contributed by atoms with van der Waals surface area (Å²) < 4.78 is 0. The van der Waals surface area contributed by atoms with Gasteiger partial charge in [-0.15, -0.1) is 0 Å². The average Bonchev–Trinajstić information content (AvgIpc) is 2.48. The van der Waals surface area contributed by atoms with Gasteiger partial charge in [-0.25, -0.2) is 0 Å². The van der Waals surface area contributed by atoms with E-state index in [0.717, 1.165) is 24.2 Å². The third-order valence-electron chi connectivity index (χ3n) is 3.29. The van der Waals surface area contributed by atoms with E-state index in [2.05, 4.69) is 48.2 Å². The second-order valence-electron chi connectivity index (χ2n) is 5.28. The number of hydrogen-bond acceptors (Lipinski definition) is 3. The summed E-state index contributed by atoms with van der Waals surface area (Å²) in [5.74, 6) is 0. The average molecular weight is 270 g/mol. The minimum absolute atomic E-state index is 0.0174. The minimum atomic E-state index is -0.0174. The number of aromatic nitrogens is 1. The van der Waals surface area contributed by atoms with Gasteiger partial charge in [0.15, 0.2) is 0 Å². The highest BCUT2D eigenvalue weighted by atomic mass is 16.3. The van der Waals surface area contributed by atoms with Crippen molar-refractivity contribution in [3.05, 3.63) is 53.7 Å². The smallest absolute Gasteiger partial charge is 0.0853 e. The lowest BCUT2D eigenvalue weighted by Gasteiger charge is -2.09. The third-order valence-corrected chi connectivity index (χ3v) is 3.29. The molecule has 0 saturated carbocycles. The highest BCUT2D eigenvalue weighted by molar-refractivity contribution is 5.59. The maximum atomic E-state index is 9.13. The van der Waals surface area contributed by atoms with Gasteiger partial charge in [-0.05, 0) is 51.2 Å². The molecule has 0 aliphatic heterocycles. The molecule has 0 unspecified atom stereocenters. The molecule has 2 aromatic rings. The summed E-state index contributed by atoms with van der Waals surface area (Å²) in [5, 5.41) is 9.13. The van der Waals surface area contributed by atoms with Crippen LogP contribution in [0.2, 0.25) is 0 Å². The Kier molecular flexibility index (Phi) is 5.27. The van der Waals surface area contributed by atoms with Gasteiger partial charge in [-0.2, -0.15) is 0 Å². The second kappa shape index (κ2) is 7.17. The Bertz CT molecular complexity index is 535. The van der Waals surface area contributed by atoms with Gasteiger partial charge in [0.1, 0.15) is 0 Å². The molecule has 1 N–H and O–H groups in total. The highest BCUT2D eigenvalue weighted by Crippen LogP contribution is 2.18. The molecule has 1 aromatic heterocycles. The first-order chi connectivity index (χ1) is 9.69. The molecule has 2 rings (SSSR count). The van der Waals surface area contributed by atoms with E-state index < -0.39 is 0 Å². The van der Waals surface area contributed by atoms with Crippen LogP contribution in [-0.4, -0.2) is 35.6 Å². The number of aryl methyl sites for hydroxylation is 1. The van der Waals surface area contributed by atoms with Crippen molar-refractivity contribution in [1.29, 1.82) is 0 Å². The lowest BCUT2D eigenvalue weighted by Crippen LogP contribution is -2.13. The number of nitrogens with zero attached hydrogens (tertiary/aromatic N) is 2. The van der Waals surface area contributed by atoms with Crippen molar-refractivity contribution in [3.8, 4) is 11.3 Å². The lowest BCUT2D eigenvalue weighted by atomic mass is 10.0. The normalized spacial score (nSPS) is 11.0. The number of benzene rings is 1. The zero-order valence-corrected chi connectivity index (χ0v) is 12.2. The molecule has 0 atom stereocenters. The van der Waals surface area contributed by atoms with E-state index in [-0.39, 0.29) is 6.61 Å². The molecule has 106 valence electrons. The zero-order chi connectivity index (χ0) is 14.4. The first kappa shape index (κ1) is 14.7. The van der Waals surface area contributed by atoms with Gasteiger partial charge in [-0.3, -0.25) is 4.98 Å². The number of aliphatic hydroxyl groups is 1. The van der Waals surface area contributed by atoms with Crippen molar-refractivity contribution in [3.63, 3.8) is 0 Å². The molecule has 0 fully saturated rings. The largest absolute Gasteiger partial charge is 0.390 e. The van der Waals surface area contributed by atoms with Crippen molar-refractivity contribution in [2.45, 2.75) is 19.4 Å². The van der Waals surface area contributed by atoms with Gasteiger partial charge in [0.2, 0.25) is 0 Å². The maximum Gasteiger partial charge on any atom is 0.0853 e. The summed E-state index contributed by atoms with van der Waals surface area (Å²) in [6.07, 6.45) is 2.27. The van der Waals surface area contributed by atoms with Gasteiger partial charge >= 0.3 is 0 Å². The number of hydrogen-bond donors (Lipinski definition) is 1. The van der Waals surface area contributed by atoms with E-state index in [1.54, 1.807) is 0 Å². The van der Waals surface area contributed by atoms with E-state index in [1.165, 1.54) is 12.0 Å². The van der Waals surface area contributed by atoms with Crippen LogP contribution in [0, 0.1) is 0 Å². The SMILES string of the molecule is CN(C)CCCc1ccc(-c2cccc(CO)n2)cc1. The fourth-order valence-corrected chi connectivity index (χ4v) is 2.17. The van der Waals surface area contributed by atoms with Gasteiger partial charge in [0.25, 0.3) is 0 Å². The van der Waals surface area contributed by atoms with E-state index in [4.69, 9.17) is 5.11 Å². The Morgan fingerprint density at radius 1 is 1.05 bits per heavy atom. The van der Waals surface area contributed by atoms with Crippen molar-refractivity contribution in [1.82, 2.24) is 9.88 Å². The van der Waals surface area contributed by atoms with Crippen molar-refractivity contribution < 1.29 is 5.11 Å². The number of aliphatic hydroxyl groups excluding tert-OH is 1. The first-order valence-corrected chi connectivity index (χ1v) is 7.00. The summed E-state index contributed by atoms with van der Waals surface area (Å²) in [6.45, 7) is 1.10. The molecule has 1 aromatic carbocycles. The van der Waals surface area contributed by atoms with Crippen LogP contribution in [0.5, 0.6) is 0 Å². The third kappa shape index (κ3) is 4.15. The van der Waals surface area contributed by atoms with Crippen LogP contribution in [-0.2, 0) is 13.0 Å². The number of rotatable bonds is 6. The van der Waals surface area contributed by atoms with Crippen molar-refractivity contribution in [2.75, 3.05) is 20.6 Å². The Labute approximate surface area is 120 Å². The highest BCUT2D eigenvalue weighted by Gasteiger charge is 2.01. The standard InChI is InChI=1S/C17H22N2O/c1-19(2)12-4-5-14-8-10-15(11-9-14)17-7-3-6-16(13-20)18-17/h3,6-11,20H,4-5,12-13H2,1-2H3. The molecule has 0 aliphatic rings. The van der Waals surface area contributed by atoms with Crippen LogP contribution >= 0.6 is 0 Å². The van der Waals surface area contributed by atoms with Gasteiger partial charge in [0, 0.05) is 5.56 Å². The van der Waals surface area contributed by atoms with Gasteiger partial charge in [0.05, 0.1) is 18.0 Å². The fourth-order valence-electron chi connectivity index (χ4n) is 2.17. The van der Waals surface area contributed by atoms with Crippen molar-refractivity contribution >= 4 is 0 Å². The summed E-state index contributed by atoms with van der Waals surface area (Å²) in [4.78, 5) is 6.63. The minimum Gasteiger partial charge on any atom is -0.390 e. The van der Waals surface area contributed by atoms with Crippen LogP contribution in [0.25, 0.3) is 11.3 Å². The molecular formula is C17H22N2O. The molecule has 0 spiro atoms. The Hall–Kier alpha value is -1.71.